The molecule has 0 radical (unpaired) electrons. The van der Waals surface area contributed by atoms with Crippen molar-refractivity contribution in [2.24, 2.45) is 18.9 Å². The average molecular weight is 284 g/mol. The summed E-state index contributed by atoms with van der Waals surface area (Å²) in [6.07, 6.45) is 4.85. The van der Waals surface area contributed by atoms with E-state index in [1.807, 2.05) is 18.7 Å². The zero-order valence-corrected chi connectivity index (χ0v) is 13.3. The van der Waals surface area contributed by atoms with Crippen LogP contribution in [0.25, 0.3) is 0 Å². The quantitative estimate of drug-likeness (QED) is 0.898. The van der Waals surface area contributed by atoms with Crippen LogP contribution in [0.1, 0.15) is 44.5 Å². The zero-order valence-electron chi connectivity index (χ0n) is 12.5. The molecule has 2 rings (SSSR count). The summed E-state index contributed by atoms with van der Waals surface area (Å²) in [5.74, 6) is 1.44. The highest BCUT2D eigenvalue weighted by Crippen LogP contribution is 2.36. The molecule has 19 heavy (non-hydrogen) atoms. The van der Waals surface area contributed by atoms with E-state index in [0.29, 0.717) is 6.04 Å². The third-order valence-corrected chi connectivity index (χ3v) is 5.09. The topological polar surface area (TPSA) is 29.9 Å². The predicted octanol–water partition coefficient (Wildman–Crippen LogP) is 3.34. The number of rotatable bonds is 5. The minimum atomic E-state index is 0.679. The van der Waals surface area contributed by atoms with E-state index < -0.39 is 0 Å². The third kappa shape index (κ3) is 3.14. The monoisotopic (exact) mass is 283 g/mol. The average Bonchev–Trinajstić information content (AvgIpc) is 2.83. The van der Waals surface area contributed by atoms with Crippen LogP contribution in [-0.4, -0.2) is 22.4 Å². The minimum absolute atomic E-state index is 0.679. The smallest absolute Gasteiger partial charge is 0.0847 e. The molecule has 3 atom stereocenters. The molecule has 1 aliphatic carbocycles. The molecule has 3 unspecified atom stereocenters. The number of aromatic nitrogens is 2. The molecule has 0 bridgehead atoms. The largest absolute Gasteiger partial charge is 0.314 e. The number of aryl methyl sites for hydroxylation is 2. The maximum atomic E-state index is 6.36. The predicted molar refractivity (Wildman–Crippen MR) is 80.6 cm³/mol. The van der Waals surface area contributed by atoms with Crippen molar-refractivity contribution in [3.63, 3.8) is 0 Å². The van der Waals surface area contributed by atoms with Gasteiger partial charge in [-0.1, -0.05) is 25.4 Å². The van der Waals surface area contributed by atoms with Gasteiger partial charge >= 0.3 is 0 Å². The maximum Gasteiger partial charge on any atom is 0.0847 e. The van der Waals surface area contributed by atoms with Crippen LogP contribution in [0.15, 0.2) is 0 Å². The molecule has 0 amide bonds. The summed E-state index contributed by atoms with van der Waals surface area (Å²) in [5, 5.41) is 8.95. The molecule has 1 saturated carbocycles. The van der Waals surface area contributed by atoms with Crippen molar-refractivity contribution in [1.29, 1.82) is 0 Å². The first-order valence-corrected chi connectivity index (χ1v) is 7.83. The van der Waals surface area contributed by atoms with Crippen LogP contribution in [0.3, 0.4) is 0 Å². The SMILES string of the molecule is CCCNC1CCC(Cc2c(Cl)c(C)nn2C)C1C. The number of nitrogens with zero attached hydrogens (tertiary/aromatic N) is 2. The van der Waals surface area contributed by atoms with Gasteiger partial charge in [0, 0.05) is 13.1 Å². The van der Waals surface area contributed by atoms with Crippen molar-refractivity contribution in [3.05, 3.63) is 16.4 Å². The number of nitrogens with one attached hydrogen (secondary N) is 1. The molecule has 1 aromatic rings. The summed E-state index contributed by atoms with van der Waals surface area (Å²) in [4.78, 5) is 0. The molecule has 1 fully saturated rings. The first kappa shape index (κ1) is 14.9. The fraction of sp³-hybridized carbons (Fsp3) is 0.800. The van der Waals surface area contributed by atoms with Crippen LogP contribution >= 0.6 is 11.6 Å². The highest BCUT2D eigenvalue weighted by molar-refractivity contribution is 6.31. The first-order valence-electron chi connectivity index (χ1n) is 7.46. The van der Waals surface area contributed by atoms with E-state index in [1.54, 1.807) is 0 Å². The minimum Gasteiger partial charge on any atom is -0.314 e. The van der Waals surface area contributed by atoms with E-state index in [4.69, 9.17) is 11.6 Å². The van der Waals surface area contributed by atoms with Gasteiger partial charge in [-0.05, 0) is 51.0 Å². The van der Waals surface area contributed by atoms with E-state index in [-0.39, 0.29) is 0 Å². The lowest BCUT2D eigenvalue weighted by molar-refractivity contribution is 0.347. The summed E-state index contributed by atoms with van der Waals surface area (Å²) in [7, 11) is 2.00. The van der Waals surface area contributed by atoms with Crippen molar-refractivity contribution < 1.29 is 0 Å². The molecule has 0 spiro atoms. The highest BCUT2D eigenvalue weighted by atomic mass is 35.5. The summed E-state index contributed by atoms with van der Waals surface area (Å²) >= 11 is 6.36. The van der Waals surface area contributed by atoms with Crippen LogP contribution in [-0.2, 0) is 13.5 Å². The van der Waals surface area contributed by atoms with E-state index >= 15 is 0 Å². The van der Waals surface area contributed by atoms with E-state index in [1.165, 1.54) is 25.0 Å². The van der Waals surface area contributed by atoms with Crippen molar-refractivity contribution >= 4 is 11.6 Å². The van der Waals surface area contributed by atoms with Crippen LogP contribution in [0.2, 0.25) is 5.02 Å². The second-order valence-corrected chi connectivity index (χ2v) is 6.31. The fourth-order valence-electron chi connectivity index (χ4n) is 3.30. The van der Waals surface area contributed by atoms with Gasteiger partial charge in [-0.15, -0.1) is 0 Å². The van der Waals surface area contributed by atoms with Gasteiger partial charge in [-0.3, -0.25) is 4.68 Å². The van der Waals surface area contributed by atoms with Gasteiger partial charge in [0.1, 0.15) is 0 Å². The molecule has 1 aliphatic rings. The van der Waals surface area contributed by atoms with E-state index in [0.717, 1.165) is 35.5 Å². The maximum absolute atomic E-state index is 6.36. The van der Waals surface area contributed by atoms with Gasteiger partial charge in [0.25, 0.3) is 0 Å². The van der Waals surface area contributed by atoms with Gasteiger partial charge in [0.05, 0.1) is 16.4 Å². The lowest BCUT2D eigenvalue weighted by atomic mass is 9.91. The van der Waals surface area contributed by atoms with Crippen LogP contribution < -0.4 is 5.32 Å². The summed E-state index contributed by atoms with van der Waals surface area (Å²) in [6.45, 7) is 7.72. The second kappa shape index (κ2) is 6.27. The van der Waals surface area contributed by atoms with Crippen LogP contribution in [0.5, 0.6) is 0 Å². The molecule has 1 heterocycles. The van der Waals surface area contributed by atoms with Crippen molar-refractivity contribution in [2.75, 3.05) is 6.54 Å². The normalized spacial score (nSPS) is 27.1. The molecule has 1 aromatic heterocycles. The Bertz CT molecular complexity index is 427. The zero-order chi connectivity index (χ0) is 14.0. The third-order valence-electron chi connectivity index (χ3n) is 4.60. The van der Waals surface area contributed by atoms with Crippen LogP contribution in [0, 0.1) is 18.8 Å². The lowest BCUT2D eigenvalue weighted by Gasteiger charge is -2.22. The second-order valence-electron chi connectivity index (χ2n) is 5.93. The number of hydrogen-bond acceptors (Lipinski definition) is 2. The number of halogens is 1. The molecule has 4 heteroatoms. The van der Waals surface area contributed by atoms with Gasteiger partial charge in [-0.25, -0.2) is 0 Å². The van der Waals surface area contributed by atoms with Gasteiger partial charge in [0.2, 0.25) is 0 Å². The first-order chi connectivity index (χ1) is 9.04. The van der Waals surface area contributed by atoms with Gasteiger partial charge in [0.15, 0.2) is 0 Å². The molecule has 1 N–H and O–H groups in total. The Morgan fingerprint density at radius 1 is 1.42 bits per heavy atom. The Balaban J connectivity index is 2.00. The van der Waals surface area contributed by atoms with Crippen molar-refractivity contribution in [1.82, 2.24) is 15.1 Å². The lowest BCUT2D eigenvalue weighted by Crippen LogP contribution is -2.33. The van der Waals surface area contributed by atoms with E-state index in [9.17, 15) is 0 Å². The Kier molecular flexibility index (Phi) is 4.91. The Hall–Kier alpha value is -0.540. The molecule has 108 valence electrons. The summed E-state index contributed by atoms with van der Waals surface area (Å²) < 4.78 is 1.96. The molecular formula is C15H26ClN3. The summed E-state index contributed by atoms with van der Waals surface area (Å²) in [5.41, 5.74) is 2.15. The Morgan fingerprint density at radius 3 is 2.74 bits per heavy atom. The Labute approximate surface area is 121 Å². The number of hydrogen-bond donors (Lipinski definition) is 1. The Morgan fingerprint density at radius 2 is 2.16 bits per heavy atom. The molecule has 0 aliphatic heterocycles. The van der Waals surface area contributed by atoms with Crippen molar-refractivity contribution in [3.8, 4) is 0 Å². The molecule has 0 aromatic carbocycles. The highest BCUT2D eigenvalue weighted by Gasteiger charge is 2.33. The van der Waals surface area contributed by atoms with Gasteiger partial charge in [-0.2, -0.15) is 5.10 Å². The summed E-state index contributed by atoms with van der Waals surface area (Å²) in [6, 6.07) is 0.679. The van der Waals surface area contributed by atoms with E-state index in [2.05, 4.69) is 24.3 Å². The molecular weight excluding hydrogens is 258 g/mol. The molecule has 0 saturated heterocycles. The standard InChI is InChI=1S/C15H26ClN3/c1-5-8-17-13-7-6-12(10(13)2)9-14-15(16)11(3)18-19(14)4/h10,12-13,17H,5-9H2,1-4H3. The van der Waals surface area contributed by atoms with Crippen molar-refractivity contribution in [2.45, 2.75) is 52.5 Å². The van der Waals surface area contributed by atoms with Gasteiger partial charge < -0.3 is 5.32 Å². The van der Waals surface area contributed by atoms with Crippen LogP contribution in [0.4, 0.5) is 0 Å². The fourth-order valence-corrected chi connectivity index (χ4v) is 3.54. The molecule has 3 nitrogen and oxygen atoms in total.